The maximum Gasteiger partial charge on any atom is 0.417 e. The maximum absolute atomic E-state index is 13.0. The van der Waals surface area contributed by atoms with Crippen LogP contribution in [0.25, 0.3) is 16.6 Å². The van der Waals surface area contributed by atoms with E-state index in [1.807, 2.05) is 22.9 Å². The number of nitrogens with zero attached hydrogens (tertiary/aromatic N) is 3. The molecule has 33 heavy (non-hydrogen) atoms. The van der Waals surface area contributed by atoms with Gasteiger partial charge in [-0.3, -0.25) is 5.21 Å². The van der Waals surface area contributed by atoms with Crippen LogP contribution in [-0.4, -0.2) is 15.8 Å². The molecule has 4 aromatic rings. The SMILES string of the molecule is N#Cc1ccc2c(ccn2-c2ccc(NC(=O)N(O)c3ccc(Cl)c(C(F)(F)F)c3)cc2)c1. The molecule has 0 aliphatic rings. The highest BCUT2D eigenvalue weighted by molar-refractivity contribution is 6.31. The number of amides is 2. The van der Waals surface area contributed by atoms with Crippen LogP contribution in [0.15, 0.2) is 72.9 Å². The van der Waals surface area contributed by atoms with E-state index >= 15 is 0 Å². The molecule has 0 aliphatic carbocycles. The van der Waals surface area contributed by atoms with E-state index in [0.29, 0.717) is 17.3 Å². The summed E-state index contributed by atoms with van der Waals surface area (Å²) in [7, 11) is 0. The summed E-state index contributed by atoms with van der Waals surface area (Å²) in [5, 5.41) is 21.9. The van der Waals surface area contributed by atoms with Crippen LogP contribution >= 0.6 is 11.6 Å². The normalized spacial score (nSPS) is 11.3. The lowest BCUT2D eigenvalue weighted by molar-refractivity contribution is -0.137. The predicted molar refractivity (Wildman–Crippen MR) is 118 cm³/mol. The molecule has 0 aliphatic heterocycles. The van der Waals surface area contributed by atoms with Gasteiger partial charge in [0.05, 0.1) is 33.4 Å². The van der Waals surface area contributed by atoms with E-state index < -0.39 is 28.5 Å². The smallest absolute Gasteiger partial charge is 0.317 e. The van der Waals surface area contributed by atoms with Crippen molar-refractivity contribution in [1.82, 2.24) is 4.57 Å². The molecule has 6 nitrogen and oxygen atoms in total. The minimum absolute atomic E-state index is 0.0751. The number of hydroxylamine groups is 1. The first-order valence-electron chi connectivity index (χ1n) is 9.46. The number of carbonyl (C=O) groups is 1. The van der Waals surface area contributed by atoms with Crippen molar-refractivity contribution in [3.05, 3.63) is 89.1 Å². The average molecular weight is 471 g/mol. The van der Waals surface area contributed by atoms with Crippen LogP contribution in [0.3, 0.4) is 0 Å². The summed E-state index contributed by atoms with van der Waals surface area (Å²) in [6.45, 7) is 0. The number of benzene rings is 3. The fraction of sp³-hybridized carbons (Fsp3) is 0.0435. The molecule has 0 saturated heterocycles. The summed E-state index contributed by atoms with van der Waals surface area (Å²) in [6, 6.07) is 17.5. The van der Waals surface area contributed by atoms with Crippen LogP contribution in [-0.2, 0) is 6.18 Å². The minimum atomic E-state index is -4.74. The third-order valence-corrected chi connectivity index (χ3v) is 5.24. The third kappa shape index (κ3) is 4.48. The van der Waals surface area contributed by atoms with Gasteiger partial charge in [0.25, 0.3) is 0 Å². The summed E-state index contributed by atoms with van der Waals surface area (Å²) in [5.41, 5.74) is 0.970. The van der Waals surface area contributed by atoms with Gasteiger partial charge in [0.2, 0.25) is 0 Å². The molecular weight excluding hydrogens is 457 g/mol. The maximum atomic E-state index is 13.0. The van der Waals surface area contributed by atoms with E-state index in [2.05, 4.69) is 11.4 Å². The highest BCUT2D eigenvalue weighted by atomic mass is 35.5. The van der Waals surface area contributed by atoms with Crippen LogP contribution < -0.4 is 10.4 Å². The van der Waals surface area contributed by atoms with Crippen molar-refractivity contribution in [1.29, 1.82) is 5.26 Å². The van der Waals surface area contributed by atoms with Gasteiger partial charge in [0.15, 0.2) is 0 Å². The van der Waals surface area contributed by atoms with Gasteiger partial charge in [0, 0.05) is 23.0 Å². The van der Waals surface area contributed by atoms with Crippen molar-refractivity contribution in [2.75, 3.05) is 10.4 Å². The number of fused-ring (bicyclic) bond motifs is 1. The molecule has 0 unspecified atom stereocenters. The molecule has 2 N–H and O–H groups in total. The van der Waals surface area contributed by atoms with Gasteiger partial charge < -0.3 is 9.88 Å². The number of alkyl halides is 3. The molecule has 10 heteroatoms. The van der Waals surface area contributed by atoms with Gasteiger partial charge in [0.1, 0.15) is 0 Å². The second-order valence-corrected chi connectivity index (χ2v) is 7.43. The lowest BCUT2D eigenvalue weighted by Crippen LogP contribution is -2.32. The fourth-order valence-corrected chi connectivity index (χ4v) is 3.52. The van der Waals surface area contributed by atoms with Gasteiger partial charge in [-0.25, -0.2) is 4.79 Å². The van der Waals surface area contributed by atoms with Gasteiger partial charge >= 0.3 is 12.2 Å². The minimum Gasteiger partial charge on any atom is -0.317 e. The van der Waals surface area contributed by atoms with Crippen molar-refractivity contribution in [3.63, 3.8) is 0 Å². The Balaban J connectivity index is 1.52. The zero-order valence-corrected chi connectivity index (χ0v) is 17.4. The highest BCUT2D eigenvalue weighted by Crippen LogP contribution is 2.36. The van der Waals surface area contributed by atoms with Crippen molar-refractivity contribution in [2.24, 2.45) is 0 Å². The Hall–Kier alpha value is -4.00. The van der Waals surface area contributed by atoms with Gasteiger partial charge in [-0.15, -0.1) is 0 Å². The Morgan fingerprint density at radius 3 is 2.45 bits per heavy atom. The van der Waals surface area contributed by atoms with Crippen LogP contribution in [0.2, 0.25) is 5.02 Å². The molecular formula is C23H14ClF3N4O2. The van der Waals surface area contributed by atoms with Crippen LogP contribution in [0.1, 0.15) is 11.1 Å². The van der Waals surface area contributed by atoms with E-state index in [1.54, 1.807) is 36.4 Å². The molecule has 2 amide bonds. The summed E-state index contributed by atoms with van der Waals surface area (Å²) >= 11 is 5.57. The summed E-state index contributed by atoms with van der Waals surface area (Å²) in [6.07, 6.45) is -2.90. The first-order valence-corrected chi connectivity index (χ1v) is 9.83. The van der Waals surface area contributed by atoms with E-state index in [-0.39, 0.29) is 5.06 Å². The van der Waals surface area contributed by atoms with Gasteiger partial charge in [-0.1, -0.05) is 11.6 Å². The lowest BCUT2D eigenvalue weighted by Gasteiger charge is -2.18. The number of hydrogen-bond donors (Lipinski definition) is 2. The van der Waals surface area contributed by atoms with E-state index in [4.69, 9.17) is 16.9 Å². The van der Waals surface area contributed by atoms with E-state index in [1.165, 1.54) is 0 Å². The Kier molecular flexibility index (Phi) is 5.72. The zero-order chi connectivity index (χ0) is 23.8. The summed E-state index contributed by atoms with van der Waals surface area (Å²) in [5.74, 6) is 0. The number of hydrogen-bond acceptors (Lipinski definition) is 3. The van der Waals surface area contributed by atoms with Crippen LogP contribution in [0.4, 0.5) is 29.3 Å². The average Bonchev–Trinajstić information content (AvgIpc) is 3.21. The van der Waals surface area contributed by atoms with E-state index in [0.717, 1.165) is 28.7 Å². The zero-order valence-electron chi connectivity index (χ0n) is 16.6. The summed E-state index contributed by atoms with van der Waals surface area (Å²) in [4.78, 5) is 12.3. The second kappa shape index (κ2) is 8.50. The van der Waals surface area contributed by atoms with Gasteiger partial charge in [-0.2, -0.15) is 23.5 Å². The van der Waals surface area contributed by atoms with Crippen LogP contribution in [0.5, 0.6) is 0 Å². The van der Waals surface area contributed by atoms with Crippen LogP contribution in [0, 0.1) is 11.3 Å². The Labute approximate surface area is 190 Å². The summed E-state index contributed by atoms with van der Waals surface area (Å²) < 4.78 is 41.0. The molecule has 4 rings (SSSR count). The first kappa shape index (κ1) is 22.2. The number of carbonyl (C=O) groups excluding carboxylic acids is 1. The third-order valence-electron chi connectivity index (χ3n) is 4.91. The molecule has 166 valence electrons. The van der Waals surface area contributed by atoms with Crippen molar-refractivity contribution >= 4 is 39.9 Å². The molecule has 0 saturated carbocycles. The number of rotatable bonds is 3. The first-order chi connectivity index (χ1) is 15.7. The molecule has 0 atom stereocenters. The van der Waals surface area contributed by atoms with Crippen molar-refractivity contribution < 1.29 is 23.2 Å². The number of anilines is 2. The lowest BCUT2D eigenvalue weighted by atomic mass is 10.2. The molecule has 0 fully saturated rings. The highest BCUT2D eigenvalue weighted by Gasteiger charge is 2.34. The van der Waals surface area contributed by atoms with E-state index in [9.17, 15) is 23.2 Å². The topological polar surface area (TPSA) is 81.3 Å². The standard InChI is InChI=1S/C23H14ClF3N4O2/c24-20-7-6-18(12-19(20)23(25,26)27)31(33)22(32)29-16-2-4-17(5-3-16)30-10-9-15-11-14(13-28)1-8-21(15)30/h1-12,33H,(H,29,32). The number of halogens is 4. The number of aromatic nitrogens is 1. The Bertz CT molecular complexity index is 1390. The number of nitriles is 1. The van der Waals surface area contributed by atoms with Crippen molar-refractivity contribution in [3.8, 4) is 11.8 Å². The quantitative estimate of drug-likeness (QED) is 0.261. The molecule has 1 aromatic heterocycles. The fourth-order valence-electron chi connectivity index (χ4n) is 3.30. The molecule has 1 heterocycles. The molecule has 3 aromatic carbocycles. The number of nitrogens with one attached hydrogen (secondary N) is 1. The second-order valence-electron chi connectivity index (χ2n) is 7.02. The largest absolute Gasteiger partial charge is 0.417 e. The van der Waals surface area contributed by atoms with Crippen molar-refractivity contribution in [2.45, 2.75) is 6.18 Å². The monoisotopic (exact) mass is 470 g/mol. The molecule has 0 radical (unpaired) electrons. The Morgan fingerprint density at radius 1 is 1.06 bits per heavy atom. The van der Waals surface area contributed by atoms with Gasteiger partial charge in [-0.05, 0) is 66.7 Å². The molecule has 0 bridgehead atoms. The number of urea groups is 1. The predicted octanol–water partition coefficient (Wildman–Crippen LogP) is 6.60. The molecule has 0 spiro atoms. The Morgan fingerprint density at radius 2 is 1.79 bits per heavy atom.